The van der Waals surface area contributed by atoms with E-state index < -0.39 is 20.1 Å². The van der Waals surface area contributed by atoms with Crippen molar-refractivity contribution in [3.63, 3.8) is 0 Å². The Balaban J connectivity index is 0. The zero-order chi connectivity index (χ0) is 16.4. The molecule has 0 heterocycles. The highest BCUT2D eigenvalue weighted by atomic mass is 32.2. The number of nitrogens with zero attached hydrogens (tertiary/aromatic N) is 1. The number of aliphatic hydroxyl groups excluding tert-OH is 1. The molecule has 124 valence electrons. The molecule has 0 aliphatic heterocycles. The predicted octanol–water partition coefficient (Wildman–Crippen LogP) is -1.45. The second-order valence-electron chi connectivity index (χ2n) is 4.52. The number of hydrogen-bond acceptors (Lipinski definition) is 6. The summed E-state index contributed by atoms with van der Waals surface area (Å²) in [6.45, 7) is 7.89. The molecule has 0 aliphatic rings. The third-order valence-electron chi connectivity index (χ3n) is 2.87. The molecule has 0 saturated heterocycles. The average Bonchev–Trinajstić information content (AvgIpc) is 2.24. The Hall–Kier alpha value is -0.260. The van der Waals surface area contributed by atoms with Crippen molar-refractivity contribution in [2.45, 2.75) is 13.8 Å². The summed E-state index contributed by atoms with van der Waals surface area (Å²) in [7, 11) is -7.02. The SMILES string of the molecule is CC[N+](CC)(CCO)CCNS(C)(=O)=O.CS(=O)(=O)[O-]. The van der Waals surface area contributed by atoms with Gasteiger partial charge < -0.3 is 14.1 Å². The third kappa shape index (κ3) is 15.8. The van der Waals surface area contributed by atoms with E-state index in [1.54, 1.807) is 0 Å². The van der Waals surface area contributed by atoms with Gasteiger partial charge in [0.25, 0.3) is 0 Å². The highest BCUT2D eigenvalue weighted by molar-refractivity contribution is 7.88. The van der Waals surface area contributed by atoms with Crippen LogP contribution >= 0.6 is 0 Å². The third-order valence-corrected chi connectivity index (χ3v) is 3.59. The molecule has 0 aromatic carbocycles. The first kappa shape index (κ1) is 22.0. The Morgan fingerprint density at radius 2 is 1.45 bits per heavy atom. The van der Waals surface area contributed by atoms with Crippen LogP contribution in [0.25, 0.3) is 0 Å². The zero-order valence-corrected chi connectivity index (χ0v) is 14.1. The van der Waals surface area contributed by atoms with Gasteiger partial charge in [-0.2, -0.15) is 0 Å². The molecule has 0 bridgehead atoms. The van der Waals surface area contributed by atoms with Crippen molar-refractivity contribution in [2.75, 3.05) is 51.8 Å². The van der Waals surface area contributed by atoms with Gasteiger partial charge in [0, 0.05) is 6.26 Å². The molecule has 0 aromatic heterocycles. The van der Waals surface area contributed by atoms with Gasteiger partial charge in [0.15, 0.2) is 0 Å². The molecule has 10 heteroatoms. The van der Waals surface area contributed by atoms with Gasteiger partial charge in [0.2, 0.25) is 10.0 Å². The molecular formula is C10H26N2O6S2. The molecule has 0 fully saturated rings. The van der Waals surface area contributed by atoms with Gasteiger partial charge in [-0.05, 0) is 13.8 Å². The molecule has 0 unspecified atom stereocenters. The largest absolute Gasteiger partial charge is 0.748 e. The Labute approximate surface area is 122 Å². The minimum atomic E-state index is -3.92. The zero-order valence-electron chi connectivity index (χ0n) is 12.5. The van der Waals surface area contributed by atoms with Gasteiger partial charge >= 0.3 is 0 Å². The molecule has 0 aliphatic carbocycles. The molecule has 0 radical (unpaired) electrons. The minimum Gasteiger partial charge on any atom is -0.748 e. The molecule has 0 atom stereocenters. The summed E-state index contributed by atoms with van der Waals surface area (Å²) >= 11 is 0. The van der Waals surface area contributed by atoms with Crippen molar-refractivity contribution in [2.24, 2.45) is 0 Å². The Morgan fingerprint density at radius 1 is 1.05 bits per heavy atom. The molecule has 20 heavy (non-hydrogen) atoms. The predicted molar refractivity (Wildman–Crippen MR) is 76.6 cm³/mol. The first-order valence-electron chi connectivity index (χ1n) is 6.20. The number of hydrogen-bond donors (Lipinski definition) is 2. The van der Waals surface area contributed by atoms with E-state index in [0.29, 0.717) is 19.3 Å². The number of aliphatic hydroxyl groups is 1. The molecule has 2 N–H and O–H groups in total. The van der Waals surface area contributed by atoms with Gasteiger partial charge in [0.05, 0.1) is 49.2 Å². The van der Waals surface area contributed by atoms with E-state index in [2.05, 4.69) is 18.6 Å². The van der Waals surface area contributed by atoms with Gasteiger partial charge in [-0.1, -0.05) is 0 Å². The van der Waals surface area contributed by atoms with E-state index in [1.807, 2.05) is 0 Å². The van der Waals surface area contributed by atoms with Crippen LogP contribution in [0.15, 0.2) is 0 Å². The van der Waals surface area contributed by atoms with Crippen LogP contribution in [0.1, 0.15) is 13.8 Å². The number of rotatable bonds is 8. The maximum Gasteiger partial charge on any atom is 0.208 e. The smallest absolute Gasteiger partial charge is 0.208 e. The number of nitrogens with one attached hydrogen (secondary N) is 1. The lowest BCUT2D eigenvalue weighted by Gasteiger charge is -2.36. The van der Waals surface area contributed by atoms with E-state index in [-0.39, 0.29) is 6.61 Å². The lowest BCUT2D eigenvalue weighted by atomic mass is 10.3. The van der Waals surface area contributed by atoms with Crippen LogP contribution < -0.4 is 4.72 Å². The van der Waals surface area contributed by atoms with Crippen molar-refractivity contribution < 1.29 is 31.0 Å². The summed E-state index contributed by atoms with van der Waals surface area (Å²) in [6, 6.07) is 0. The lowest BCUT2D eigenvalue weighted by molar-refractivity contribution is -0.924. The van der Waals surface area contributed by atoms with Crippen LogP contribution in [-0.2, 0) is 20.1 Å². The van der Waals surface area contributed by atoms with Crippen LogP contribution in [0.5, 0.6) is 0 Å². The summed E-state index contributed by atoms with van der Waals surface area (Å²) in [6.07, 6.45) is 1.76. The van der Waals surface area contributed by atoms with E-state index in [9.17, 15) is 8.42 Å². The standard InChI is InChI=1S/C9H23N2O3S.CH4O3S/c1-4-11(5-2,8-9-12)7-6-10-15(3,13)14;1-5(2,3)4/h10,12H,4-9H2,1-3H3;1H3,(H,2,3,4)/q+1;/p-1. The molecular weight excluding hydrogens is 308 g/mol. The quantitative estimate of drug-likeness (QED) is 0.413. The highest BCUT2D eigenvalue weighted by Crippen LogP contribution is 2.04. The maximum absolute atomic E-state index is 10.9. The fraction of sp³-hybridized carbons (Fsp3) is 1.00. The Kier molecular flexibility index (Phi) is 10.6. The van der Waals surface area contributed by atoms with Gasteiger partial charge in [-0.3, -0.25) is 0 Å². The summed E-state index contributed by atoms with van der Waals surface area (Å²) in [4.78, 5) is 0. The van der Waals surface area contributed by atoms with E-state index in [1.165, 1.54) is 0 Å². The number of likely N-dealkylation sites (N-methyl/N-ethyl adjacent to an activating group) is 1. The molecule has 0 rings (SSSR count). The molecule has 0 amide bonds. The second-order valence-corrected chi connectivity index (χ2v) is 7.76. The van der Waals surface area contributed by atoms with Crippen molar-refractivity contribution in [3.05, 3.63) is 0 Å². The van der Waals surface area contributed by atoms with E-state index in [0.717, 1.165) is 30.4 Å². The van der Waals surface area contributed by atoms with E-state index >= 15 is 0 Å². The first-order valence-corrected chi connectivity index (χ1v) is 9.91. The number of sulfonamides is 1. The maximum atomic E-state index is 10.9. The fourth-order valence-corrected chi connectivity index (χ4v) is 2.11. The van der Waals surface area contributed by atoms with E-state index in [4.69, 9.17) is 18.1 Å². The summed E-state index contributed by atoms with van der Waals surface area (Å²) in [5.41, 5.74) is 0. The molecule has 8 nitrogen and oxygen atoms in total. The van der Waals surface area contributed by atoms with Gasteiger partial charge in [0.1, 0.15) is 6.54 Å². The van der Waals surface area contributed by atoms with Crippen LogP contribution in [0.2, 0.25) is 0 Å². The average molecular weight is 334 g/mol. The Morgan fingerprint density at radius 3 is 1.70 bits per heavy atom. The normalized spacial score (nSPS) is 12.7. The lowest BCUT2D eigenvalue weighted by Crippen LogP contribution is -2.53. The summed E-state index contributed by atoms with van der Waals surface area (Å²) < 4.78 is 52.2. The van der Waals surface area contributed by atoms with Gasteiger partial charge in [-0.15, -0.1) is 0 Å². The molecule has 0 saturated carbocycles. The molecule has 0 spiro atoms. The van der Waals surface area contributed by atoms with Crippen molar-refractivity contribution in [3.8, 4) is 0 Å². The monoisotopic (exact) mass is 334 g/mol. The van der Waals surface area contributed by atoms with Crippen LogP contribution in [0.4, 0.5) is 0 Å². The fourth-order valence-electron chi connectivity index (χ4n) is 1.65. The van der Waals surface area contributed by atoms with Crippen molar-refractivity contribution >= 4 is 20.1 Å². The van der Waals surface area contributed by atoms with Gasteiger partial charge in [-0.25, -0.2) is 21.6 Å². The first-order chi connectivity index (χ1) is 8.89. The highest BCUT2D eigenvalue weighted by Gasteiger charge is 2.22. The number of quaternary nitrogens is 1. The summed E-state index contributed by atoms with van der Waals surface area (Å²) in [5, 5.41) is 8.97. The van der Waals surface area contributed by atoms with Crippen molar-refractivity contribution in [1.29, 1.82) is 0 Å². The second kappa shape index (κ2) is 9.64. The minimum absolute atomic E-state index is 0.139. The van der Waals surface area contributed by atoms with Crippen LogP contribution in [-0.4, -0.2) is 82.8 Å². The summed E-state index contributed by atoms with van der Waals surface area (Å²) in [5.74, 6) is 0. The van der Waals surface area contributed by atoms with Crippen LogP contribution in [0, 0.1) is 0 Å². The van der Waals surface area contributed by atoms with Crippen LogP contribution in [0.3, 0.4) is 0 Å². The topological polar surface area (TPSA) is 124 Å². The van der Waals surface area contributed by atoms with Crippen molar-refractivity contribution in [1.82, 2.24) is 4.72 Å². The molecule has 0 aromatic rings. The Bertz CT molecular complexity index is 434.